The minimum Gasteiger partial charge on any atom is -0.479 e. The maximum absolute atomic E-state index is 12.5. The van der Waals surface area contributed by atoms with Crippen molar-refractivity contribution in [3.8, 4) is 0 Å². The average Bonchev–Trinajstić information content (AvgIpc) is 3.13. The first-order valence-electron chi connectivity index (χ1n) is 7.19. The molecule has 23 heavy (non-hydrogen) atoms. The van der Waals surface area contributed by atoms with Crippen LogP contribution in [0.2, 0.25) is 0 Å². The van der Waals surface area contributed by atoms with E-state index in [9.17, 15) is 14.7 Å². The minimum absolute atomic E-state index is 0.238. The van der Waals surface area contributed by atoms with Gasteiger partial charge in [-0.05, 0) is 5.56 Å². The molecule has 0 radical (unpaired) electrons. The summed E-state index contributed by atoms with van der Waals surface area (Å²) in [6.07, 6.45) is 1.56. The first kappa shape index (κ1) is 13.8. The highest BCUT2D eigenvalue weighted by Crippen LogP contribution is 2.43. The fourth-order valence-corrected chi connectivity index (χ4v) is 3.11. The number of carboxylic acids is 1. The third-order valence-corrected chi connectivity index (χ3v) is 4.18. The first-order valence-corrected chi connectivity index (χ1v) is 7.19. The predicted octanol–water partition coefficient (Wildman–Crippen LogP) is 1.46. The molecular formula is C15H14N4O4. The zero-order chi connectivity index (χ0) is 16.0. The van der Waals surface area contributed by atoms with E-state index >= 15 is 0 Å². The standard InChI is InChI=1S/C15H14N4O4/c20-14(21)13-12-10(6-16-17-12)11-7-18(13)15(22)19(11)23-8-9-4-2-1-3-5-9/h1-6,11,13H,7-8H2,(H,16,17)(H,20,21). The number of aromatic nitrogens is 2. The highest BCUT2D eigenvalue weighted by atomic mass is 16.7. The molecule has 2 aromatic rings. The van der Waals surface area contributed by atoms with Gasteiger partial charge < -0.3 is 10.0 Å². The van der Waals surface area contributed by atoms with Gasteiger partial charge in [-0.3, -0.25) is 9.94 Å². The van der Waals surface area contributed by atoms with E-state index < -0.39 is 18.0 Å². The van der Waals surface area contributed by atoms with E-state index in [1.807, 2.05) is 30.3 Å². The number of benzene rings is 1. The third-order valence-electron chi connectivity index (χ3n) is 4.18. The quantitative estimate of drug-likeness (QED) is 0.890. The van der Waals surface area contributed by atoms with Crippen molar-refractivity contribution in [3.63, 3.8) is 0 Å². The predicted molar refractivity (Wildman–Crippen MR) is 76.9 cm³/mol. The molecule has 2 aliphatic rings. The second-order valence-corrected chi connectivity index (χ2v) is 5.52. The summed E-state index contributed by atoms with van der Waals surface area (Å²) in [7, 11) is 0. The Bertz CT molecular complexity index is 760. The Morgan fingerprint density at radius 1 is 1.39 bits per heavy atom. The monoisotopic (exact) mass is 314 g/mol. The van der Waals surface area contributed by atoms with Gasteiger partial charge in [-0.1, -0.05) is 30.3 Å². The number of nitrogens with zero attached hydrogens (tertiary/aromatic N) is 3. The number of hydroxylamine groups is 2. The van der Waals surface area contributed by atoms with Crippen LogP contribution in [0.5, 0.6) is 0 Å². The second-order valence-electron chi connectivity index (χ2n) is 5.52. The summed E-state index contributed by atoms with van der Waals surface area (Å²) in [6.45, 7) is 0.513. The summed E-state index contributed by atoms with van der Waals surface area (Å²) >= 11 is 0. The molecule has 0 aliphatic carbocycles. The van der Waals surface area contributed by atoms with Crippen LogP contribution in [0.3, 0.4) is 0 Å². The second kappa shape index (κ2) is 5.10. The summed E-state index contributed by atoms with van der Waals surface area (Å²) in [5, 5.41) is 17.3. The molecule has 2 atom stereocenters. The van der Waals surface area contributed by atoms with Crippen LogP contribution in [0.1, 0.15) is 28.9 Å². The zero-order valence-electron chi connectivity index (χ0n) is 12.0. The lowest BCUT2D eigenvalue weighted by atomic mass is 9.98. The number of carbonyl (C=O) groups is 2. The van der Waals surface area contributed by atoms with E-state index in [1.54, 1.807) is 6.20 Å². The normalized spacial score (nSPS) is 22.3. The van der Waals surface area contributed by atoms with Crippen molar-refractivity contribution in [2.75, 3.05) is 6.54 Å². The SMILES string of the molecule is O=C(O)C1c2[nH]ncc2C2CN1C(=O)N2OCc1ccccc1. The molecule has 3 heterocycles. The summed E-state index contributed by atoms with van der Waals surface area (Å²) in [4.78, 5) is 31.0. The molecule has 1 aromatic carbocycles. The largest absolute Gasteiger partial charge is 0.479 e. The van der Waals surface area contributed by atoms with Crippen LogP contribution in [0, 0.1) is 0 Å². The van der Waals surface area contributed by atoms with Crippen molar-refractivity contribution in [2.24, 2.45) is 0 Å². The summed E-state index contributed by atoms with van der Waals surface area (Å²) in [5.74, 6) is -1.09. The minimum atomic E-state index is -1.09. The molecule has 8 heteroatoms. The van der Waals surface area contributed by atoms with Crippen molar-refractivity contribution in [2.45, 2.75) is 18.7 Å². The molecule has 1 saturated heterocycles. The Hall–Kier alpha value is -2.87. The molecule has 0 saturated carbocycles. The van der Waals surface area contributed by atoms with Crippen molar-refractivity contribution in [1.29, 1.82) is 0 Å². The van der Waals surface area contributed by atoms with E-state index in [-0.39, 0.29) is 19.2 Å². The number of nitrogens with one attached hydrogen (secondary N) is 1. The Morgan fingerprint density at radius 2 is 2.17 bits per heavy atom. The van der Waals surface area contributed by atoms with Gasteiger partial charge >= 0.3 is 12.0 Å². The fourth-order valence-electron chi connectivity index (χ4n) is 3.11. The number of aromatic amines is 1. The summed E-state index contributed by atoms with van der Waals surface area (Å²) in [5.41, 5.74) is 2.06. The Morgan fingerprint density at radius 3 is 2.91 bits per heavy atom. The number of hydrogen-bond acceptors (Lipinski definition) is 4. The molecule has 1 fully saturated rings. The Kier molecular flexibility index (Phi) is 3.05. The lowest BCUT2D eigenvalue weighted by Crippen LogP contribution is -2.38. The topological polar surface area (TPSA) is 98.8 Å². The Labute approximate surface area is 131 Å². The van der Waals surface area contributed by atoms with Crippen LogP contribution in [0.15, 0.2) is 36.5 Å². The van der Waals surface area contributed by atoms with Crippen LogP contribution < -0.4 is 0 Å². The molecule has 8 nitrogen and oxygen atoms in total. The number of aliphatic carboxylic acids is 1. The van der Waals surface area contributed by atoms with Gasteiger partial charge in [0.2, 0.25) is 0 Å². The molecule has 118 valence electrons. The number of amides is 2. The van der Waals surface area contributed by atoms with Crippen LogP contribution in [0.25, 0.3) is 0 Å². The first-order chi connectivity index (χ1) is 11.2. The van der Waals surface area contributed by atoms with E-state index in [2.05, 4.69) is 10.2 Å². The van der Waals surface area contributed by atoms with Crippen LogP contribution in [0.4, 0.5) is 4.79 Å². The maximum Gasteiger partial charge on any atom is 0.345 e. The van der Waals surface area contributed by atoms with Crippen molar-refractivity contribution >= 4 is 12.0 Å². The number of H-pyrrole nitrogens is 1. The van der Waals surface area contributed by atoms with Gasteiger partial charge in [0, 0.05) is 5.56 Å². The summed E-state index contributed by atoms with van der Waals surface area (Å²) < 4.78 is 0. The summed E-state index contributed by atoms with van der Waals surface area (Å²) in [6, 6.07) is 7.63. The number of carboxylic acid groups (broad SMARTS) is 1. The number of urea groups is 1. The average molecular weight is 314 g/mol. The molecule has 2 aliphatic heterocycles. The van der Waals surface area contributed by atoms with E-state index in [0.29, 0.717) is 11.3 Å². The molecule has 2 bridgehead atoms. The molecule has 2 N–H and O–H groups in total. The zero-order valence-corrected chi connectivity index (χ0v) is 12.0. The fraction of sp³-hybridized carbons (Fsp3) is 0.267. The third kappa shape index (κ3) is 2.07. The number of hydrogen-bond donors (Lipinski definition) is 2. The maximum atomic E-state index is 12.5. The highest BCUT2D eigenvalue weighted by Gasteiger charge is 2.52. The number of carbonyl (C=O) groups excluding carboxylic acids is 1. The van der Waals surface area contributed by atoms with Gasteiger partial charge in [0.1, 0.15) is 12.6 Å². The molecule has 2 unspecified atom stereocenters. The Balaban J connectivity index is 1.62. The van der Waals surface area contributed by atoms with E-state index in [4.69, 9.17) is 4.84 Å². The van der Waals surface area contributed by atoms with E-state index in [1.165, 1.54) is 9.96 Å². The van der Waals surface area contributed by atoms with Crippen LogP contribution in [-0.2, 0) is 16.2 Å². The van der Waals surface area contributed by atoms with Gasteiger partial charge in [-0.2, -0.15) is 10.2 Å². The molecular weight excluding hydrogens is 300 g/mol. The molecule has 1 aromatic heterocycles. The lowest BCUT2D eigenvalue weighted by molar-refractivity contribution is -0.143. The number of rotatable bonds is 4. The van der Waals surface area contributed by atoms with Crippen molar-refractivity contribution < 1.29 is 19.5 Å². The molecule has 4 rings (SSSR count). The number of fused-ring (bicyclic) bond motifs is 4. The van der Waals surface area contributed by atoms with Crippen LogP contribution >= 0.6 is 0 Å². The van der Waals surface area contributed by atoms with Crippen molar-refractivity contribution in [1.82, 2.24) is 20.2 Å². The van der Waals surface area contributed by atoms with Crippen LogP contribution in [-0.4, -0.2) is 43.8 Å². The van der Waals surface area contributed by atoms with Gasteiger partial charge in [0.25, 0.3) is 0 Å². The molecule has 2 amide bonds. The van der Waals surface area contributed by atoms with Gasteiger partial charge in [0.15, 0.2) is 6.04 Å². The van der Waals surface area contributed by atoms with Gasteiger partial charge in [-0.15, -0.1) is 0 Å². The van der Waals surface area contributed by atoms with E-state index in [0.717, 1.165) is 5.56 Å². The highest BCUT2D eigenvalue weighted by molar-refractivity contribution is 5.86. The molecule has 0 spiro atoms. The lowest BCUT2D eigenvalue weighted by Gasteiger charge is -2.26. The van der Waals surface area contributed by atoms with Crippen molar-refractivity contribution in [3.05, 3.63) is 53.3 Å². The smallest absolute Gasteiger partial charge is 0.345 e. The van der Waals surface area contributed by atoms with Gasteiger partial charge in [-0.25, -0.2) is 9.59 Å². The van der Waals surface area contributed by atoms with Gasteiger partial charge in [0.05, 0.1) is 18.4 Å².